The highest BCUT2D eigenvalue weighted by Gasteiger charge is 2.24. The molecule has 1 aliphatic carbocycles. The molecular formula is C14H29NO. The van der Waals surface area contributed by atoms with Gasteiger partial charge in [0.2, 0.25) is 0 Å². The molecule has 2 N–H and O–H groups in total. The highest BCUT2D eigenvalue weighted by atomic mass is 16.5. The van der Waals surface area contributed by atoms with Gasteiger partial charge in [0.25, 0.3) is 0 Å². The molecule has 0 heterocycles. The molecule has 1 saturated carbocycles. The van der Waals surface area contributed by atoms with Gasteiger partial charge < -0.3 is 10.5 Å². The van der Waals surface area contributed by atoms with E-state index >= 15 is 0 Å². The third-order valence-corrected chi connectivity index (χ3v) is 3.60. The molecule has 1 fully saturated rings. The highest BCUT2D eigenvalue weighted by Crippen LogP contribution is 2.27. The van der Waals surface area contributed by atoms with Crippen LogP contribution in [0.5, 0.6) is 0 Å². The summed E-state index contributed by atoms with van der Waals surface area (Å²) in [6.45, 7) is 7.51. The Morgan fingerprint density at radius 1 is 1.12 bits per heavy atom. The minimum atomic E-state index is 0.386. The lowest BCUT2D eigenvalue weighted by Crippen LogP contribution is -2.32. The van der Waals surface area contributed by atoms with E-state index in [0.717, 1.165) is 18.9 Å². The molecule has 2 nitrogen and oxygen atoms in total. The van der Waals surface area contributed by atoms with Crippen LogP contribution in [0.4, 0.5) is 0 Å². The van der Waals surface area contributed by atoms with Crippen molar-refractivity contribution in [3.05, 3.63) is 0 Å². The fourth-order valence-electron chi connectivity index (χ4n) is 2.82. The van der Waals surface area contributed by atoms with Crippen LogP contribution < -0.4 is 5.73 Å². The molecule has 96 valence electrons. The Hall–Kier alpha value is -0.0800. The average Bonchev–Trinajstić information content (AvgIpc) is 2.41. The Labute approximate surface area is 101 Å². The van der Waals surface area contributed by atoms with Crippen LogP contribution in [0.15, 0.2) is 0 Å². The van der Waals surface area contributed by atoms with Crippen LogP contribution in [0.2, 0.25) is 0 Å². The number of hydrogen-bond donors (Lipinski definition) is 1. The maximum absolute atomic E-state index is 6.21. The van der Waals surface area contributed by atoms with Crippen molar-refractivity contribution < 1.29 is 4.74 Å². The van der Waals surface area contributed by atoms with Gasteiger partial charge in [-0.2, -0.15) is 0 Å². The molecule has 0 radical (unpaired) electrons. The van der Waals surface area contributed by atoms with E-state index in [0.29, 0.717) is 18.1 Å². The van der Waals surface area contributed by atoms with E-state index < -0.39 is 0 Å². The minimum absolute atomic E-state index is 0.386. The molecule has 2 heteroatoms. The van der Waals surface area contributed by atoms with Gasteiger partial charge in [0, 0.05) is 0 Å². The van der Waals surface area contributed by atoms with Crippen molar-refractivity contribution >= 4 is 0 Å². The van der Waals surface area contributed by atoms with Gasteiger partial charge in [0.1, 0.15) is 0 Å². The molecule has 1 rings (SSSR count). The van der Waals surface area contributed by atoms with Crippen molar-refractivity contribution in [1.82, 2.24) is 0 Å². The van der Waals surface area contributed by atoms with Gasteiger partial charge >= 0.3 is 0 Å². The van der Waals surface area contributed by atoms with E-state index in [9.17, 15) is 0 Å². The maximum Gasteiger partial charge on any atom is 0.0618 e. The van der Waals surface area contributed by atoms with Crippen molar-refractivity contribution in [2.75, 3.05) is 6.54 Å². The Kier molecular flexibility index (Phi) is 6.37. The summed E-state index contributed by atoms with van der Waals surface area (Å²) in [6, 6.07) is 0. The fourth-order valence-corrected chi connectivity index (χ4v) is 2.82. The summed E-state index contributed by atoms with van der Waals surface area (Å²) in [7, 11) is 0. The standard InChI is InChI=1S/C14H29NO/c1-11(2)9-12(3)16-14-8-6-4-5-7-13(14)10-15/h11-14H,4-10,15H2,1-3H3. The first-order valence-corrected chi connectivity index (χ1v) is 6.99. The first-order valence-electron chi connectivity index (χ1n) is 6.99. The smallest absolute Gasteiger partial charge is 0.0618 e. The van der Waals surface area contributed by atoms with Crippen LogP contribution in [0.3, 0.4) is 0 Å². The van der Waals surface area contributed by atoms with Gasteiger partial charge in [0.15, 0.2) is 0 Å². The van der Waals surface area contributed by atoms with Crippen LogP contribution in [-0.4, -0.2) is 18.8 Å². The largest absolute Gasteiger partial charge is 0.375 e. The predicted molar refractivity (Wildman–Crippen MR) is 69.4 cm³/mol. The zero-order chi connectivity index (χ0) is 12.0. The third-order valence-electron chi connectivity index (χ3n) is 3.60. The summed E-state index contributed by atoms with van der Waals surface area (Å²) in [5.74, 6) is 1.31. The molecule has 16 heavy (non-hydrogen) atoms. The molecule has 3 atom stereocenters. The average molecular weight is 227 g/mol. The monoisotopic (exact) mass is 227 g/mol. The van der Waals surface area contributed by atoms with Crippen LogP contribution in [-0.2, 0) is 4.74 Å². The molecule has 1 aliphatic rings. The van der Waals surface area contributed by atoms with E-state index in [1.165, 1.54) is 32.1 Å². The molecule has 0 bridgehead atoms. The van der Waals surface area contributed by atoms with Crippen molar-refractivity contribution in [3.8, 4) is 0 Å². The van der Waals surface area contributed by atoms with Gasteiger partial charge in [-0.1, -0.05) is 33.1 Å². The Bertz CT molecular complexity index is 182. The van der Waals surface area contributed by atoms with Gasteiger partial charge in [-0.25, -0.2) is 0 Å². The number of ether oxygens (including phenoxy) is 1. The van der Waals surface area contributed by atoms with Crippen molar-refractivity contribution in [2.24, 2.45) is 17.6 Å². The lowest BCUT2D eigenvalue weighted by atomic mass is 9.97. The quantitative estimate of drug-likeness (QED) is 0.731. The van der Waals surface area contributed by atoms with Crippen molar-refractivity contribution in [3.63, 3.8) is 0 Å². The summed E-state index contributed by atoms with van der Waals surface area (Å²) < 4.78 is 6.21. The lowest BCUT2D eigenvalue weighted by Gasteiger charge is -2.28. The van der Waals surface area contributed by atoms with E-state index in [-0.39, 0.29) is 0 Å². The highest BCUT2D eigenvalue weighted by molar-refractivity contribution is 4.76. The Balaban J connectivity index is 2.41. The van der Waals surface area contributed by atoms with E-state index in [4.69, 9.17) is 10.5 Å². The van der Waals surface area contributed by atoms with Gasteiger partial charge in [-0.15, -0.1) is 0 Å². The van der Waals surface area contributed by atoms with Crippen LogP contribution in [0.1, 0.15) is 59.3 Å². The summed E-state index contributed by atoms with van der Waals surface area (Å²) in [4.78, 5) is 0. The van der Waals surface area contributed by atoms with Crippen molar-refractivity contribution in [2.45, 2.75) is 71.5 Å². The van der Waals surface area contributed by atoms with Gasteiger partial charge in [0.05, 0.1) is 12.2 Å². The molecule has 0 aromatic rings. The van der Waals surface area contributed by atoms with Crippen LogP contribution in [0.25, 0.3) is 0 Å². The molecule has 3 unspecified atom stereocenters. The maximum atomic E-state index is 6.21. The second-order valence-electron chi connectivity index (χ2n) is 5.75. The molecule has 0 aromatic heterocycles. The van der Waals surface area contributed by atoms with Crippen LogP contribution >= 0.6 is 0 Å². The Morgan fingerprint density at radius 3 is 2.44 bits per heavy atom. The number of rotatable bonds is 5. The van der Waals surface area contributed by atoms with E-state index in [2.05, 4.69) is 20.8 Å². The second-order valence-corrected chi connectivity index (χ2v) is 5.75. The van der Waals surface area contributed by atoms with Crippen LogP contribution in [0, 0.1) is 11.8 Å². The first kappa shape index (κ1) is 14.0. The molecule has 0 amide bonds. The summed E-state index contributed by atoms with van der Waals surface area (Å²) in [5, 5.41) is 0. The Morgan fingerprint density at radius 2 is 1.81 bits per heavy atom. The van der Waals surface area contributed by atoms with Crippen molar-refractivity contribution in [1.29, 1.82) is 0 Å². The van der Waals surface area contributed by atoms with Gasteiger partial charge in [-0.3, -0.25) is 0 Å². The van der Waals surface area contributed by atoms with E-state index in [1.54, 1.807) is 0 Å². The fraction of sp³-hybridized carbons (Fsp3) is 1.00. The zero-order valence-corrected chi connectivity index (χ0v) is 11.2. The zero-order valence-electron chi connectivity index (χ0n) is 11.2. The number of hydrogen-bond acceptors (Lipinski definition) is 2. The van der Waals surface area contributed by atoms with E-state index in [1.807, 2.05) is 0 Å². The summed E-state index contributed by atoms with van der Waals surface area (Å²) >= 11 is 0. The topological polar surface area (TPSA) is 35.2 Å². The van der Waals surface area contributed by atoms with Gasteiger partial charge in [-0.05, 0) is 44.6 Å². The molecule has 0 aromatic carbocycles. The molecule has 0 saturated heterocycles. The number of nitrogens with two attached hydrogens (primary N) is 1. The molecule has 0 spiro atoms. The summed E-state index contributed by atoms with van der Waals surface area (Å²) in [6.07, 6.45) is 8.44. The first-order chi connectivity index (χ1) is 7.63. The predicted octanol–water partition coefficient (Wildman–Crippen LogP) is 3.35. The molecule has 0 aliphatic heterocycles. The SMILES string of the molecule is CC(C)CC(C)OC1CCCCCC1CN. The third kappa shape index (κ3) is 4.84. The normalized spacial score (nSPS) is 29.1. The second kappa shape index (κ2) is 7.29. The minimum Gasteiger partial charge on any atom is -0.375 e. The lowest BCUT2D eigenvalue weighted by molar-refractivity contribution is -0.0434. The summed E-state index contributed by atoms with van der Waals surface area (Å²) in [5.41, 5.74) is 5.86. The molecular weight excluding hydrogens is 198 g/mol.